The molecule has 0 aliphatic carbocycles. The molecule has 182 valence electrons. The summed E-state index contributed by atoms with van der Waals surface area (Å²) >= 11 is 7.39. The number of allylic oxidation sites excluding steroid dienone is 1. The Balaban J connectivity index is 1.80. The van der Waals surface area contributed by atoms with Crippen LogP contribution in [-0.2, 0) is 9.53 Å². The molecule has 1 atom stereocenters. The van der Waals surface area contributed by atoms with Crippen molar-refractivity contribution in [3.63, 3.8) is 0 Å². The number of esters is 1. The molecule has 1 aromatic heterocycles. The Morgan fingerprint density at radius 2 is 1.86 bits per heavy atom. The first-order valence-corrected chi connectivity index (χ1v) is 12.7. The van der Waals surface area contributed by atoms with E-state index in [1.54, 1.807) is 30.5 Å². The van der Waals surface area contributed by atoms with Crippen molar-refractivity contribution in [2.75, 3.05) is 13.2 Å². The third-order valence-corrected chi connectivity index (χ3v) is 6.70. The highest BCUT2D eigenvalue weighted by Crippen LogP contribution is 2.31. The molecular weight excluding hydrogens is 484 g/mol. The maximum atomic E-state index is 13.6. The van der Waals surface area contributed by atoms with Crippen molar-refractivity contribution in [3.8, 4) is 5.75 Å². The van der Waals surface area contributed by atoms with Crippen molar-refractivity contribution in [1.82, 2.24) is 4.57 Å². The lowest BCUT2D eigenvalue weighted by molar-refractivity contribution is -0.139. The molecular formula is C27H27ClN2O4S. The molecule has 0 unspecified atom stereocenters. The third kappa shape index (κ3) is 5.41. The summed E-state index contributed by atoms with van der Waals surface area (Å²) in [6.45, 7) is 8.58. The van der Waals surface area contributed by atoms with E-state index in [2.05, 4.69) is 18.8 Å². The molecule has 4 rings (SSSR count). The van der Waals surface area contributed by atoms with E-state index < -0.39 is 12.0 Å². The first-order chi connectivity index (χ1) is 16.8. The normalized spacial score (nSPS) is 15.7. The maximum Gasteiger partial charge on any atom is 0.338 e. The van der Waals surface area contributed by atoms with E-state index in [4.69, 9.17) is 21.1 Å². The van der Waals surface area contributed by atoms with E-state index in [1.807, 2.05) is 42.5 Å². The van der Waals surface area contributed by atoms with Gasteiger partial charge in [0.1, 0.15) is 5.75 Å². The van der Waals surface area contributed by atoms with E-state index in [1.165, 1.54) is 11.3 Å². The first kappa shape index (κ1) is 24.9. The lowest BCUT2D eigenvalue weighted by atomic mass is 9.96. The third-order valence-electron chi connectivity index (χ3n) is 5.46. The molecule has 6 nitrogen and oxygen atoms in total. The van der Waals surface area contributed by atoms with Gasteiger partial charge >= 0.3 is 5.97 Å². The first-order valence-electron chi connectivity index (χ1n) is 11.5. The summed E-state index contributed by atoms with van der Waals surface area (Å²) in [5.41, 5.74) is 2.29. The highest BCUT2D eigenvalue weighted by Gasteiger charge is 2.33. The summed E-state index contributed by atoms with van der Waals surface area (Å²) in [5.74, 6) is 0.738. The van der Waals surface area contributed by atoms with E-state index in [-0.39, 0.29) is 12.2 Å². The van der Waals surface area contributed by atoms with Crippen molar-refractivity contribution in [3.05, 3.63) is 95.6 Å². The van der Waals surface area contributed by atoms with Gasteiger partial charge in [0.25, 0.3) is 5.56 Å². The van der Waals surface area contributed by atoms with Crippen LogP contribution in [0.15, 0.2) is 69.6 Å². The van der Waals surface area contributed by atoms with Gasteiger partial charge < -0.3 is 9.47 Å². The van der Waals surface area contributed by atoms with Gasteiger partial charge in [-0.3, -0.25) is 9.36 Å². The zero-order valence-corrected chi connectivity index (χ0v) is 21.7. The summed E-state index contributed by atoms with van der Waals surface area (Å²) in [7, 11) is 0. The predicted octanol–water partition coefficient (Wildman–Crippen LogP) is 4.49. The number of hydrogen-bond donors (Lipinski definition) is 0. The molecule has 8 heteroatoms. The molecule has 2 heterocycles. The summed E-state index contributed by atoms with van der Waals surface area (Å²) < 4.78 is 13.2. The van der Waals surface area contributed by atoms with Crippen molar-refractivity contribution in [2.24, 2.45) is 10.9 Å². The molecule has 0 amide bonds. The Labute approximate surface area is 212 Å². The van der Waals surface area contributed by atoms with Crippen LogP contribution in [0.3, 0.4) is 0 Å². The number of halogens is 1. The molecule has 0 fully saturated rings. The van der Waals surface area contributed by atoms with Gasteiger partial charge in [0.15, 0.2) is 4.80 Å². The van der Waals surface area contributed by atoms with Crippen molar-refractivity contribution >= 4 is 35.0 Å². The smallest absolute Gasteiger partial charge is 0.338 e. The van der Waals surface area contributed by atoms with Crippen LogP contribution in [0.1, 0.15) is 44.9 Å². The summed E-state index contributed by atoms with van der Waals surface area (Å²) in [6, 6.07) is 14.1. The van der Waals surface area contributed by atoms with Crippen molar-refractivity contribution in [1.29, 1.82) is 0 Å². The Morgan fingerprint density at radius 3 is 2.49 bits per heavy atom. The number of rotatable bonds is 7. The Morgan fingerprint density at radius 1 is 1.17 bits per heavy atom. The minimum absolute atomic E-state index is 0.219. The minimum Gasteiger partial charge on any atom is -0.493 e. The van der Waals surface area contributed by atoms with Gasteiger partial charge in [-0.2, -0.15) is 0 Å². The van der Waals surface area contributed by atoms with E-state index >= 15 is 0 Å². The van der Waals surface area contributed by atoms with E-state index in [0.29, 0.717) is 38.2 Å². The van der Waals surface area contributed by atoms with Crippen LogP contribution >= 0.6 is 22.9 Å². The number of carbonyl (C=O) groups is 1. The highest BCUT2D eigenvalue weighted by atomic mass is 35.5. The summed E-state index contributed by atoms with van der Waals surface area (Å²) in [4.78, 5) is 31.6. The molecule has 1 aliphatic rings. The Bertz CT molecular complexity index is 1430. The van der Waals surface area contributed by atoms with Gasteiger partial charge in [-0.25, -0.2) is 9.79 Å². The topological polar surface area (TPSA) is 69.9 Å². The largest absolute Gasteiger partial charge is 0.493 e. The second-order valence-electron chi connectivity index (χ2n) is 8.63. The number of aromatic nitrogens is 1. The minimum atomic E-state index is -0.656. The molecule has 3 aromatic rings. The van der Waals surface area contributed by atoms with Gasteiger partial charge in [0.2, 0.25) is 0 Å². The number of hydrogen-bond acceptors (Lipinski definition) is 6. The maximum absolute atomic E-state index is 13.6. The molecule has 0 N–H and O–H groups in total. The number of thiazole rings is 1. The zero-order chi connectivity index (χ0) is 25.1. The average Bonchev–Trinajstić information content (AvgIpc) is 3.12. The second kappa shape index (κ2) is 10.6. The number of ether oxygens (including phenoxy) is 2. The molecule has 0 spiro atoms. The molecule has 35 heavy (non-hydrogen) atoms. The predicted molar refractivity (Wildman–Crippen MR) is 139 cm³/mol. The van der Waals surface area contributed by atoms with Crippen LogP contribution in [-0.4, -0.2) is 23.8 Å². The van der Waals surface area contributed by atoms with Crippen LogP contribution in [0.5, 0.6) is 5.75 Å². The van der Waals surface area contributed by atoms with Gasteiger partial charge in [-0.15, -0.1) is 0 Å². The highest BCUT2D eigenvalue weighted by molar-refractivity contribution is 7.07. The molecule has 0 saturated carbocycles. The molecule has 0 radical (unpaired) electrons. The van der Waals surface area contributed by atoms with Crippen LogP contribution in [0.2, 0.25) is 5.02 Å². The average molecular weight is 511 g/mol. The van der Waals surface area contributed by atoms with E-state index in [0.717, 1.165) is 16.9 Å². The standard InChI is InChI=1S/C27H27ClN2O4S/c1-5-33-26(32)23-17(4)29-27-30(24(23)19-8-10-20(28)11-9-19)25(31)22(35-27)14-18-6-12-21(13-7-18)34-15-16(2)3/h6-14,16,24H,5,15H2,1-4H3/b22-14+/t24-/m1/s1. The number of nitrogens with zero attached hydrogens (tertiary/aromatic N) is 2. The van der Waals surface area contributed by atoms with Crippen molar-refractivity contribution in [2.45, 2.75) is 33.7 Å². The zero-order valence-electron chi connectivity index (χ0n) is 20.1. The Kier molecular flexibility index (Phi) is 7.57. The summed E-state index contributed by atoms with van der Waals surface area (Å²) in [5, 5.41) is 0.570. The fourth-order valence-corrected chi connectivity index (χ4v) is 5.00. The lowest BCUT2D eigenvalue weighted by Crippen LogP contribution is -2.39. The number of fused-ring (bicyclic) bond motifs is 1. The van der Waals surface area contributed by atoms with Crippen LogP contribution < -0.4 is 19.6 Å². The molecule has 1 aliphatic heterocycles. The van der Waals surface area contributed by atoms with Crippen LogP contribution in [0.4, 0.5) is 0 Å². The Hall–Kier alpha value is -3.16. The SMILES string of the molecule is CCOC(=O)C1=C(C)N=c2s/c(=C/c3ccc(OCC(C)C)cc3)c(=O)n2[C@@H]1c1ccc(Cl)cc1. The van der Waals surface area contributed by atoms with Crippen LogP contribution in [0.25, 0.3) is 6.08 Å². The van der Waals surface area contributed by atoms with Gasteiger partial charge in [0, 0.05) is 5.02 Å². The summed E-state index contributed by atoms with van der Waals surface area (Å²) in [6.07, 6.45) is 1.83. The van der Waals surface area contributed by atoms with Gasteiger partial charge in [-0.05, 0) is 61.2 Å². The molecule has 0 bridgehead atoms. The number of carbonyl (C=O) groups excluding carboxylic acids is 1. The fraction of sp³-hybridized carbons (Fsp3) is 0.296. The fourth-order valence-electron chi connectivity index (χ4n) is 3.83. The lowest BCUT2D eigenvalue weighted by Gasteiger charge is -2.24. The van der Waals surface area contributed by atoms with Gasteiger partial charge in [-0.1, -0.05) is 61.1 Å². The monoisotopic (exact) mass is 510 g/mol. The van der Waals surface area contributed by atoms with E-state index in [9.17, 15) is 9.59 Å². The molecule has 0 saturated heterocycles. The quantitative estimate of drug-likeness (QED) is 0.439. The van der Waals surface area contributed by atoms with Crippen LogP contribution in [0, 0.1) is 5.92 Å². The van der Waals surface area contributed by atoms with Gasteiger partial charge in [0.05, 0.1) is 35.1 Å². The van der Waals surface area contributed by atoms with Crippen molar-refractivity contribution < 1.29 is 14.3 Å². The number of benzene rings is 2. The molecule has 2 aromatic carbocycles. The second-order valence-corrected chi connectivity index (χ2v) is 10.1.